The van der Waals surface area contributed by atoms with Gasteiger partial charge in [-0.05, 0) is 60.9 Å². The molecule has 0 bridgehead atoms. The molecule has 0 aromatic heterocycles. The Kier molecular flexibility index (Phi) is 6.80. The lowest BCUT2D eigenvalue weighted by Gasteiger charge is -2.25. The maximum absolute atomic E-state index is 13.6. The number of para-hydroxylation sites is 1. The molecule has 0 aliphatic rings. The second-order valence-corrected chi connectivity index (χ2v) is 9.92. The number of rotatable bonds is 7. The van der Waals surface area contributed by atoms with E-state index >= 15 is 0 Å². The third-order valence-corrected chi connectivity index (χ3v) is 7.47. The average molecular weight is 471 g/mol. The highest BCUT2D eigenvalue weighted by Gasteiger charge is 2.27. The molecule has 34 heavy (non-hydrogen) atoms. The molecule has 0 heterocycles. The number of sulfonamides is 1. The number of hydrogen-bond donors (Lipinski definition) is 1. The molecule has 1 amide bonds. The van der Waals surface area contributed by atoms with Crippen LogP contribution in [0.15, 0.2) is 108 Å². The summed E-state index contributed by atoms with van der Waals surface area (Å²) >= 11 is 0. The van der Waals surface area contributed by atoms with Crippen molar-refractivity contribution in [3.8, 4) is 11.1 Å². The summed E-state index contributed by atoms with van der Waals surface area (Å²) in [6.07, 6.45) is 0. The number of nitrogens with one attached hydrogen (secondary N) is 1. The van der Waals surface area contributed by atoms with Crippen molar-refractivity contribution in [3.05, 3.63) is 114 Å². The van der Waals surface area contributed by atoms with Crippen molar-refractivity contribution in [2.75, 3.05) is 16.2 Å². The SMILES string of the molecule is Cc1ccc(N(CC(=O)Nc2ccccc2-c2ccccc2)S(=O)(=O)c2ccccc2)cc1C. The van der Waals surface area contributed by atoms with Crippen molar-refractivity contribution < 1.29 is 13.2 Å². The number of amides is 1. The summed E-state index contributed by atoms with van der Waals surface area (Å²) in [7, 11) is -3.96. The Balaban J connectivity index is 1.68. The van der Waals surface area contributed by atoms with Gasteiger partial charge in [-0.3, -0.25) is 9.10 Å². The third-order valence-electron chi connectivity index (χ3n) is 5.68. The van der Waals surface area contributed by atoms with Gasteiger partial charge in [0.2, 0.25) is 5.91 Å². The predicted molar refractivity (Wildman–Crippen MR) is 137 cm³/mol. The first-order valence-corrected chi connectivity index (χ1v) is 12.4. The van der Waals surface area contributed by atoms with E-state index in [1.807, 2.05) is 74.5 Å². The van der Waals surface area contributed by atoms with E-state index in [0.717, 1.165) is 26.6 Å². The first-order chi connectivity index (χ1) is 16.4. The van der Waals surface area contributed by atoms with Crippen LogP contribution < -0.4 is 9.62 Å². The minimum absolute atomic E-state index is 0.130. The summed E-state index contributed by atoms with van der Waals surface area (Å²) in [5.41, 5.74) is 4.87. The quantitative estimate of drug-likeness (QED) is 0.371. The van der Waals surface area contributed by atoms with E-state index < -0.39 is 15.9 Å². The van der Waals surface area contributed by atoms with E-state index in [4.69, 9.17) is 0 Å². The molecule has 0 atom stereocenters. The number of aryl methyl sites for hydroxylation is 2. The van der Waals surface area contributed by atoms with Crippen LogP contribution in [0.5, 0.6) is 0 Å². The minimum Gasteiger partial charge on any atom is -0.324 e. The monoisotopic (exact) mass is 470 g/mol. The third kappa shape index (κ3) is 5.02. The molecular weight excluding hydrogens is 444 g/mol. The lowest BCUT2D eigenvalue weighted by atomic mass is 10.0. The van der Waals surface area contributed by atoms with Crippen LogP contribution in [0.1, 0.15) is 11.1 Å². The molecule has 172 valence electrons. The van der Waals surface area contributed by atoms with Gasteiger partial charge in [0.05, 0.1) is 10.6 Å². The zero-order valence-corrected chi connectivity index (χ0v) is 19.9. The molecule has 0 saturated carbocycles. The Morgan fingerprint density at radius 2 is 1.38 bits per heavy atom. The van der Waals surface area contributed by atoms with E-state index in [1.54, 1.807) is 30.3 Å². The van der Waals surface area contributed by atoms with Crippen molar-refractivity contribution >= 4 is 27.3 Å². The summed E-state index contributed by atoms with van der Waals surface area (Å²) in [5, 5.41) is 2.91. The first-order valence-electron chi connectivity index (χ1n) is 11.0. The topological polar surface area (TPSA) is 66.5 Å². The number of hydrogen-bond acceptors (Lipinski definition) is 3. The standard InChI is InChI=1S/C28H26N2O3S/c1-21-17-18-24(19-22(21)2)30(34(32,33)25-13-7-4-8-14-25)20-28(31)29-27-16-10-9-15-26(27)23-11-5-3-6-12-23/h3-19H,20H2,1-2H3,(H,29,31). The number of carbonyl (C=O) groups excluding carboxylic acids is 1. The molecule has 1 N–H and O–H groups in total. The molecule has 0 unspecified atom stereocenters. The van der Waals surface area contributed by atoms with Crippen LogP contribution in [-0.2, 0) is 14.8 Å². The molecule has 0 spiro atoms. The molecule has 0 saturated heterocycles. The van der Waals surface area contributed by atoms with Crippen molar-refractivity contribution in [1.29, 1.82) is 0 Å². The Morgan fingerprint density at radius 1 is 0.765 bits per heavy atom. The van der Waals surface area contributed by atoms with E-state index in [-0.39, 0.29) is 11.4 Å². The summed E-state index contributed by atoms with van der Waals surface area (Å²) in [6, 6.07) is 30.7. The zero-order valence-electron chi connectivity index (χ0n) is 19.1. The summed E-state index contributed by atoms with van der Waals surface area (Å²) < 4.78 is 28.3. The molecular formula is C28H26N2O3S. The number of nitrogens with zero attached hydrogens (tertiary/aromatic N) is 1. The van der Waals surface area contributed by atoms with Crippen LogP contribution in [-0.4, -0.2) is 20.9 Å². The van der Waals surface area contributed by atoms with Crippen LogP contribution in [0.25, 0.3) is 11.1 Å². The Hall–Kier alpha value is -3.90. The minimum atomic E-state index is -3.96. The molecule has 6 heteroatoms. The van der Waals surface area contributed by atoms with Crippen LogP contribution >= 0.6 is 0 Å². The van der Waals surface area contributed by atoms with Crippen molar-refractivity contribution in [3.63, 3.8) is 0 Å². The highest BCUT2D eigenvalue weighted by Crippen LogP contribution is 2.29. The highest BCUT2D eigenvalue weighted by molar-refractivity contribution is 7.92. The Labute approximate surface area is 200 Å². The molecule has 4 aromatic carbocycles. The fraction of sp³-hybridized carbons (Fsp3) is 0.107. The zero-order chi connectivity index (χ0) is 24.1. The van der Waals surface area contributed by atoms with Gasteiger partial charge in [0.15, 0.2) is 0 Å². The maximum Gasteiger partial charge on any atom is 0.264 e. The van der Waals surface area contributed by atoms with Crippen molar-refractivity contribution in [2.24, 2.45) is 0 Å². The smallest absolute Gasteiger partial charge is 0.264 e. The Bertz CT molecular complexity index is 1400. The number of benzene rings is 4. The van der Waals surface area contributed by atoms with Crippen LogP contribution in [0.2, 0.25) is 0 Å². The van der Waals surface area contributed by atoms with Gasteiger partial charge in [-0.2, -0.15) is 0 Å². The molecule has 0 radical (unpaired) electrons. The molecule has 5 nitrogen and oxygen atoms in total. The second-order valence-electron chi connectivity index (χ2n) is 8.05. The van der Waals surface area contributed by atoms with Crippen molar-refractivity contribution in [2.45, 2.75) is 18.7 Å². The molecule has 0 fully saturated rings. The Morgan fingerprint density at radius 3 is 2.06 bits per heavy atom. The number of carbonyl (C=O) groups is 1. The van der Waals surface area contributed by atoms with Gasteiger partial charge < -0.3 is 5.32 Å². The average Bonchev–Trinajstić information content (AvgIpc) is 2.86. The predicted octanol–water partition coefficient (Wildman–Crippen LogP) is 5.80. The van der Waals surface area contributed by atoms with Gasteiger partial charge in [0, 0.05) is 11.3 Å². The lowest BCUT2D eigenvalue weighted by Crippen LogP contribution is -2.38. The van der Waals surface area contributed by atoms with E-state index in [1.165, 1.54) is 12.1 Å². The fourth-order valence-electron chi connectivity index (χ4n) is 3.70. The second kappa shape index (κ2) is 9.93. The van der Waals surface area contributed by atoms with Crippen LogP contribution in [0, 0.1) is 13.8 Å². The van der Waals surface area contributed by atoms with Crippen LogP contribution in [0.4, 0.5) is 11.4 Å². The largest absolute Gasteiger partial charge is 0.324 e. The van der Waals surface area contributed by atoms with Gasteiger partial charge in [0.25, 0.3) is 10.0 Å². The fourth-order valence-corrected chi connectivity index (χ4v) is 5.13. The lowest BCUT2D eigenvalue weighted by molar-refractivity contribution is -0.114. The summed E-state index contributed by atoms with van der Waals surface area (Å²) in [4.78, 5) is 13.3. The van der Waals surface area contributed by atoms with Crippen molar-refractivity contribution in [1.82, 2.24) is 0 Å². The van der Waals surface area contributed by atoms with E-state index in [2.05, 4.69) is 5.32 Å². The highest BCUT2D eigenvalue weighted by atomic mass is 32.2. The molecule has 4 rings (SSSR count). The molecule has 0 aliphatic carbocycles. The van der Waals surface area contributed by atoms with Gasteiger partial charge in [-0.1, -0.05) is 72.8 Å². The number of anilines is 2. The first kappa shape index (κ1) is 23.3. The van der Waals surface area contributed by atoms with Crippen LogP contribution in [0.3, 0.4) is 0 Å². The normalized spacial score (nSPS) is 11.1. The molecule has 4 aromatic rings. The van der Waals surface area contributed by atoms with Gasteiger partial charge >= 0.3 is 0 Å². The summed E-state index contributed by atoms with van der Waals surface area (Å²) in [6.45, 7) is 3.52. The maximum atomic E-state index is 13.6. The van der Waals surface area contributed by atoms with E-state index in [0.29, 0.717) is 11.4 Å². The van der Waals surface area contributed by atoms with E-state index in [9.17, 15) is 13.2 Å². The van der Waals surface area contributed by atoms with Gasteiger partial charge in [-0.15, -0.1) is 0 Å². The van der Waals surface area contributed by atoms with Gasteiger partial charge in [0.1, 0.15) is 6.54 Å². The molecule has 0 aliphatic heterocycles. The van der Waals surface area contributed by atoms with Gasteiger partial charge in [-0.25, -0.2) is 8.42 Å². The summed E-state index contributed by atoms with van der Waals surface area (Å²) in [5.74, 6) is -0.430.